The third-order valence-electron chi connectivity index (χ3n) is 2.85. The highest BCUT2D eigenvalue weighted by Gasteiger charge is 2.15. The van der Waals surface area contributed by atoms with Crippen molar-refractivity contribution in [2.75, 3.05) is 33.4 Å². The molecule has 0 fully saturated rings. The monoisotopic (exact) mass is 245 g/mol. The summed E-state index contributed by atoms with van der Waals surface area (Å²) in [6, 6.07) is 0. The quantitative estimate of drug-likeness (QED) is 0.568. The Morgan fingerprint density at radius 3 is 2.41 bits per heavy atom. The highest BCUT2D eigenvalue weighted by Crippen LogP contribution is 2.12. The highest BCUT2D eigenvalue weighted by atomic mass is 16.5. The van der Waals surface area contributed by atoms with Crippen molar-refractivity contribution < 1.29 is 9.47 Å². The van der Waals surface area contributed by atoms with Gasteiger partial charge in [-0.15, -0.1) is 0 Å². The van der Waals surface area contributed by atoms with Gasteiger partial charge in [-0.2, -0.15) is 0 Å². The van der Waals surface area contributed by atoms with Crippen molar-refractivity contribution >= 4 is 0 Å². The second-order valence-electron chi connectivity index (χ2n) is 5.63. The van der Waals surface area contributed by atoms with E-state index in [1.165, 1.54) is 6.42 Å². The largest absolute Gasteiger partial charge is 0.381 e. The molecule has 0 aliphatic heterocycles. The van der Waals surface area contributed by atoms with Gasteiger partial charge >= 0.3 is 0 Å². The smallest absolute Gasteiger partial charge is 0.0644 e. The van der Waals surface area contributed by atoms with Gasteiger partial charge in [0.1, 0.15) is 0 Å². The molecule has 1 N–H and O–H groups in total. The fraction of sp³-hybridized carbons (Fsp3) is 1.00. The summed E-state index contributed by atoms with van der Waals surface area (Å²) in [5, 5.41) is 3.43. The van der Waals surface area contributed by atoms with Crippen molar-refractivity contribution in [3.05, 3.63) is 0 Å². The molecule has 3 nitrogen and oxygen atoms in total. The van der Waals surface area contributed by atoms with E-state index in [4.69, 9.17) is 9.47 Å². The lowest BCUT2D eigenvalue weighted by Gasteiger charge is -2.22. The van der Waals surface area contributed by atoms with Crippen LogP contribution >= 0.6 is 0 Å². The maximum absolute atomic E-state index is 5.59. The van der Waals surface area contributed by atoms with Crippen molar-refractivity contribution in [1.82, 2.24) is 5.32 Å². The zero-order valence-electron chi connectivity index (χ0n) is 12.3. The Hall–Kier alpha value is -0.120. The average molecular weight is 245 g/mol. The van der Waals surface area contributed by atoms with Crippen LogP contribution in [0, 0.1) is 5.92 Å². The lowest BCUT2D eigenvalue weighted by molar-refractivity contribution is -0.0101. The molecule has 0 aromatic heterocycles. The molecule has 17 heavy (non-hydrogen) atoms. The summed E-state index contributed by atoms with van der Waals surface area (Å²) >= 11 is 0. The van der Waals surface area contributed by atoms with E-state index in [1.54, 1.807) is 7.11 Å². The number of unbranched alkanes of at least 4 members (excludes halogenated alkanes) is 1. The van der Waals surface area contributed by atoms with E-state index in [9.17, 15) is 0 Å². The molecule has 0 aliphatic carbocycles. The first-order valence-electron chi connectivity index (χ1n) is 6.81. The zero-order valence-corrected chi connectivity index (χ0v) is 12.3. The summed E-state index contributed by atoms with van der Waals surface area (Å²) in [4.78, 5) is 0. The molecule has 0 atom stereocenters. The molecule has 0 aliphatic rings. The van der Waals surface area contributed by atoms with Crippen LogP contribution in [0.2, 0.25) is 0 Å². The minimum atomic E-state index is -0.0567. The predicted octanol–water partition coefficient (Wildman–Crippen LogP) is 2.84. The van der Waals surface area contributed by atoms with Crippen LogP contribution in [0.1, 0.15) is 47.0 Å². The maximum atomic E-state index is 5.59. The standard InChI is InChI=1S/C14H31NO2/c1-13(2)12-15-9-6-7-10-17-11-8-14(3,4)16-5/h13,15H,6-12H2,1-5H3. The fourth-order valence-electron chi connectivity index (χ4n) is 1.37. The molecule has 0 radical (unpaired) electrons. The molecular formula is C14H31NO2. The molecule has 0 spiro atoms. The summed E-state index contributed by atoms with van der Waals surface area (Å²) in [5.74, 6) is 0.738. The topological polar surface area (TPSA) is 30.5 Å². The predicted molar refractivity (Wildman–Crippen MR) is 73.5 cm³/mol. The average Bonchev–Trinajstić information content (AvgIpc) is 2.26. The molecule has 0 aromatic rings. The number of methoxy groups -OCH3 is 1. The maximum Gasteiger partial charge on any atom is 0.0644 e. The van der Waals surface area contributed by atoms with Gasteiger partial charge in [-0.1, -0.05) is 13.8 Å². The first-order chi connectivity index (χ1) is 7.98. The second kappa shape index (κ2) is 9.86. The molecule has 0 saturated heterocycles. The second-order valence-corrected chi connectivity index (χ2v) is 5.63. The van der Waals surface area contributed by atoms with E-state index in [1.807, 2.05) is 0 Å². The van der Waals surface area contributed by atoms with Gasteiger partial charge in [-0.25, -0.2) is 0 Å². The van der Waals surface area contributed by atoms with Crippen LogP contribution in [0.15, 0.2) is 0 Å². The Morgan fingerprint density at radius 1 is 1.12 bits per heavy atom. The van der Waals surface area contributed by atoms with Crippen molar-refractivity contribution in [2.24, 2.45) is 5.92 Å². The molecule has 0 heterocycles. The van der Waals surface area contributed by atoms with Gasteiger partial charge in [0, 0.05) is 20.3 Å². The van der Waals surface area contributed by atoms with Gasteiger partial charge < -0.3 is 14.8 Å². The van der Waals surface area contributed by atoms with Gasteiger partial charge in [-0.05, 0) is 52.1 Å². The van der Waals surface area contributed by atoms with Crippen LogP contribution in [0.3, 0.4) is 0 Å². The van der Waals surface area contributed by atoms with Gasteiger partial charge in [0.25, 0.3) is 0 Å². The van der Waals surface area contributed by atoms with E-state index in [2.05, 4.69) is 33.0 Å². The summed E-state index contributed by atoms with van der Waals surface area (Å²) in [6.07, 6.45) is 3.29. The van der Waals surface area contributed by atoms with Crippen LogP contribution in [-0.2, 0) is 9.47 Å². The molecule has 0 bridgehead atoms. The van der Waals surface area contributed by atoms with Crippen molar-refractivity contribution in [3.63, 3.8) is 0 Å². The highest BCUT2D eigenvalue weighted by molar-refractivity contribution is 4.66. The van der Waals surface area contributed by atoms with E-state index in [-0.39, 0.29) is 5.60 Å². The summed E-state index contributed by atoms with van der Waals surface area (Å²) < 4.78 is 10.9. The van der Waals surface area contributed by atoms with Gasteiger partial charge in [0.15, 0.2) is 0 Å². The molecular weight excluding hydrogens is 214 g/mol. The van der Waals surface area contributed by atoms with Gasteiger partial charge in [0.05, 0.1) is 5.60 Å². The Kier molecular flexibility index (Phi) is 9.79. The minimum absolute atomic E-state index is 0.0567. The lowest BCUT2D eigenvalue weighted by Crippen LogP contribution is -2.24. The van der Waals surface area contributed by atoms with Crippen LogP contribution in [-0.4, -0.2) is 39.0 Å². The third kappa shape index (κ3) is 12.1. The number of rotatable bonds is 11. The van der Waals surface area contributed by atoms with E-state index in [0.29, 0.717) is 0 Å². The van der Waals surface area contributed by atoms with Gasteiger partial charge in [-0.3, -0.25) is 0 Å². The van der Waals surface area contributed by atoms with Crippen molar-refractivity contribution in [1.29, 1.82) is 0 Å². The Labute approximate surface area is 107 Å². The van der Waals surface area contributed by atoms with Crippen molar-refractivity contribution in [3.8, 4) is 0 Å². The van der Waals surface area contributed by atoms with Crippen molar-refractivity contribution in [2.45, 2.75) is 52.6 Å². The Balaban J connectivity index is 3.14. The number of hydrogen-bond donors (Lipinski definition) is 1. The summed E-state index contributed by atoms with van der Waals surface area (Å²) in [6.45, 7) is 12.5. The van der Waals surface area contributed by atoms with Gasteiger partial charge in [0.2, 0.25) is 0 Å². The lowest BCUT2D eigenvalue weighted by atomic mass is 10.1. The molecule has 104 valence electrons. The fourth-order valence-corrected chi connectivity index (χ4v) is 1.37. The minimum Gasteiger partial charge on any atom is -0.381 e. The number of ether oxygens (including phenoxy) is 2. The SMILES string of the molecule is COC(C)(C)CCOCCCCNCC(C)C. The Bertz CT molecular complexity index is 170. The molecule has 0 unspecified atom stereocenters. The van der Waals surface area contributed by atoms with E-state index in [0.717, 1.165) is 45.1 Å². The zero-order chi connectivity index (χ0) is 13.1. The van der Waals surface area contributed by atoms with Crippen LogP contribution < -0.4 is 5.32 Å². The van der Waals surface area contributed by atoms with E-state index < -0.39 is 0 Å². The number of nitrogens with one attached hydrogen (secondary N) is 1. The first kappa shape index (κ1) is 16.9. The first-order valence-corrected chi connectivity index (χ1v) is 6.81. The summed E-state index contributed by atoms with van der Waals surface area (Å²) in [7, 11) is 1.75. The van der Waals surface area contributed by atoms with Crippen LogP contribution in [0.25, 0.3) is 0 Å². The van der Waals surface area contributed by atoms with Crippen LogP contribution in [0.4, 0.5) is 0 Å². The number of hydrogen-bond acceptors (Lipinski definition) is 3. The molecule has 0 saturated carbocycles. The normalized spacial score (nSPS) is 12.4. The van der Waals surface area contributed by atoms with E-state index >= 15 is 0 Å². The summed E-state index contributed by atoms with van der Waals surface area (Å²) in [5.41, 5.74) is -0.0567. The molecule has 3 heteroatoms. The third-order valence-corrected chi connectivity index (χ3v) is 2.85. The molecule has 0 amide bonds. The van der Waals surface area contributed by atoms with Crippen LogP contribution in [0.5, 0.6) is 0 Å². The molecule has 0 aromatic carbocycles. The Morgan fingerprint density at radius 2 is 1.82 bits per heavy atom. The molecule has 0 rings (SSSR count).